The van der Waals surface area contributed by atoms with Crippen LogP contribution in [-0.2, 0) is 6.61 Å². The van der Waals surface area contributed by atoms with Crippen LogP contribution in [0.1, 0.15) is 63.1 Å². The lowest BCUT2D eigenvalue weighted by Crippen LogP contribution is -2.01. The van der Waals surface area contributed by atoms with Crippen molar-refractivity contribution in [1.29, 1.82) is 0 Å². The Morgan fingerprint density at radius 3 is 2.70 bits per heavy atom. The van der Waals surface area contributed by atoms with Crippen molar-refractivity contribution < 1.29 is 4.74 Å². The van der Waals surface area contributed by atoms with Gasteiger partial charge in [-0.2, -0.15) is 0 Å². The van der Waals surface area contributed by atoms with E-state index in [9.17, 15) is 0 Å². The zero-order valence-corrected chi connectivity index (χ0v) is 19.1. The molecule has 156 valence electrons. The summed E-state index contributed by atoms with van der Waals surface area (Å²) in [7, 11) is 0. The number of pyridine rings is 1. The maximum Gasteiger partial charge on any atom is 0.166 e. The fourth-order valence-corrected chi connectivity index (χ4v) is 3.72. The van der Waals surface area contributed by atoms with Crippen molar-refractivity contribution in [3.63, 3.8) is 0 Å². The summed E-state index contributed by atoms with van der Waals surface area (Å²) in [5, 5.41) is 1.14. The summed E-state index contributed by atoms with van der Waals surface area (Å²) in [6.45, 7) is 11.1. The van der Waals surface area contributed by atoms with Crippen molar-refractivity contribution in [2.75, 3.05) is 5.73 Å². The predicted octanol–water partition coefficient (Wildman–Crippen LogP) is 6.28. The van der Waals surface area contributed by atoms with Crippen molar-refractivity contribution in [3.05, 3.63) is 58.9 Å². The van der Waals surface area contributed by atoms with Gasteiger partial charge in [-0.05, 0) is 51.0 Å². The Labute approximate surface area is 183 Å². The van der Waals surface area contributed by atoms with Gasteiger partial charge < -0.3 is 10.5 Å². The number of nitrogens with zero attached hydrogens (tertiary/aromatic N) is 2. The minimum Gasteiger partial charge on any atom is -0.485 e. The van der Waals surface area contributed by atoms with Crippen LogP contribution in [0, 0.1) is 17.3 Å². The summed E-state index contributed by atoms with van der Waals surface area (Å²) in [6, 6.07) is 10.0. The molecule has 0 aliphatic carbocycles. The molecule has 1 atom stereocenters. The zero-order chi connectivity index (χ0) is 21.7. The molecule has 1 unspecified atom stereocenters. The number of benzene rings is 1. The molecule has 5 heteroatoms. The van der Waals surface area contributed by atoms with Gasteiger partial charge >= 0.3 is 0 Å². The quantitative estimate of drug-likeness (QED) is 0.478. The molecule has 0 saturated carbocycles. The second-order valence-electron chi connectivity index (χ2n) is 8.47. The van der Waals surface area contributed by atoms with E-state index in [0.717, 1.165) is 33.0 Å². The number of ether oxygens (including phenoxy) is 1. The second kappa shape index (κ2) is 9.32. The molecule has 1 aromatic carbocycles. The molecule has 3 aromatic rings. The highest BCUT2D eigenvalue weighted by Crippen LogP contribution is 2.33. The molecule has 2 heterocycles. The molecule has 30 heavy (non-hydrogen) atoms. The first-order valence-electron chi connectivity index (χ1n) is 10.2. The van der Waals surface area contributed by atoms with Crippen LogP contribution in [0.15, 0.2) is 42.7 Å². The predicted molar refractivity (Wildman–Crippen MR) is 126 cm³/mol. The number of thiazole rings is 1. The third-order valence-corrected chi connectivity index (χ3v) is 5.90. The SMILES string of the molecule is CCC(C)c1ncc(-c2cnc(N)c(OCc3cccc(C#CC(C)(C)C)c3)c2)s1. The Morgan fingerprint density at radius 2 is 1.97 bits per heavy atom. The molecular formula is C25H29N3OS. The first kappa shape index (κ1) is 21.9. The molecule has 3 rings (SSSR count). The van der Waals surface area contributed by atoms with Gasteiger partial charge in [-0.15, -0.1) is 11.3 Å². The van der Waals surface area contributed by atoms with Gasteiger partial charge in [0, 0.05) is 34.9 Å². The molecule has 0 spiro atoms. The smallest absolute Gasteiger partial charge is 0.166 e. The van der Waals surface area contributed by atoms with Crippen LogP contribution in [0.5, 0.6) is 5.75 Å². The zero-order valence-electron chi connectivity index (χ0n) is 18.3. The molecule has 4 nitrogen and oxygen atoms in total. The van der Waals surface area contributed by atoms with Crippen LogP contribution in [0.25, 0.3) is 10.4 Å². The number of hydrogen-bond donors (Lipinski definition) is 1. The molecule has 0 aliphatic rings. The van der Waals surface area contributed by atoms with E-state index >= 15 is 0 Å². The molecule has 0 saturated heterocycles. The number of nitrogen functional groups attached to an aromatic ring is 1. The maximum absolute atomic E-state index is 6.06. The van der Waals surface area contributed by atoms with Crippen LogP contribution >= 0.6 is 11.3 Å². The van der Waals surface area contributed by atoms with Crippen LogP contribution in [0.2, 0.25) is 0 Å². The largest absolute Gasteiger partial charge is 0.485 e. The summed E-state index contributed by atoms with van der Waals surface area (Å²) in [5.74, 6) is 7.91. The van der Waals surface area contributed by atoms with Crippen molar-refractivity contribution in [1.82, 2.24) is 9.97 Å². The number of hydrogen-bond acceptors (Lipinski definition) is 5. The number of anilines is 1. The van der Waals surface area contributed by atoms with Crippen molar-refractivity contribution in [2.45, 2.75) is 53.6 Å². The fourth-order valence-electron chi connectivity index (χ4n) is 2.69. The van der Waals surface area contributed by atoms with Gasteiger partial charge in [0.15, 0.2) is 11.6 Å². The van der Waals surface area contributed by atoms with E-state index in [4.69, 9.17) is 10.5 Å². The number of aromatic nitrogens is 2. The molecule has 2 N–H and O–H groups in total. The lowest BCUT2D eigenvalue weighted by molar-refractivity contribution is 0.307. The van der Waals surface area contributed by atoms with Crippen LogP contribution in [0.3, 0.4) is 0 Å². The highest BCUT2D eigenvalue weighted by Gasteiger charge is 2.12. The highest BCUT2D eigenvalue weighted by atomic mass is 32.1. The lowest BCUT2D eigenvalue weighted by atomic mass is 9.97. The van der Waals surface area contributed by atoms with Gasteiger partial charge in [-0.3, -0.25) is 0 Å². The van der Waals surface area contributed by atoms with Crippen LogP contribution in [-0.4, -0.2) is 9.97 Å². The van der Waals surface area contributed by atoms with E-state index in [1.54, 1.807) is 17.5 Å². The first-order valence-corrected chi connectivity index (χ1v) is 11.0. The first-order chi connectivity index (χ1) is 14.2. The summed E-state index contributed by atoms with van der Waals surface area (Å²) < 4.78 is 6.01. The Kier molecular flexibility index (Phi) is 6.79. The van der Waals surface area contributed by atoms with E-state index < -0.39 is 0 Å². The van der Waals surface area contributed by atoms with Crippen LogP contribution < -0.4 is 10.5 Å². The Hall–Kier alpha value is -2.84. The van der Waals surface area contributed by atoms with Crippen molar-refractivity contribution in [3.8, 4) is 28.0 Å². The summed E-state index contributed by atoms with van der Waals surface area (Å²) in [5.41, 5.74) is 9.02. The molecule has 0 aliphatic heterocycles. The minimum atomic E-state index is -0.0293. The van der Waals surface area contributed by atoms with E-state index in [2.05, 4.69) is 56.4 Å². The summed E-state index contributed by atoms with van der Waals surface area (Å²) >= 11 is 1.69. The lowest BCUT2D eigenvalue weighted by Gasteiger charge is -2.10. The molecule has 0 fully saturated rings. The van der Waals surface area contributed by atoms with E-state index in [-0.39, 0.29) is 5.41 Å². The Bertz CT molecular complexity index is 1070. The second-order valence-corrected chi connectivity index (χ2v) is 9.53. The van der Waals surface area contributed by atoms with Gasteiger partial charge in [-0.1, -0.05) is 37.8 Å². The maximum atomic E-state index is 6.06. The minimum absolute atomic E-state index is 0.0293. The van der Waals surface area contributed by atoms with Gasteiger partial charge in [0.2, 0.25) is 0 Å². The topological polar surface area (TPSA) is 61.0 Å². The molecular weight excluding hydrogens is 390 g/mol. The van der Waals surface area contributed by atoms with Gasteiger partial charge in [-0.25, -0.2) is 9.97 Å². The molecule has 2 aromatic heterocycles. The summed E-state index contributed by atoms with van der Waals surface area (Å²) in [4.78, 5) is 9.96. The van der Waals surface area contributed by atoms with Crippen molar-refractivity contribution >= 4 is 17.2 Å². The third-order valence-electron chi connectivity index (χ3n) is 4.63. The monoisotopic (exact) mass is 419 g/mol. The third kappa shape index (κ3) is 5.84. The van der Waals surface area contributed by atoms with Gasteiger partial charge in [0.05, 0.1) is 9.88 Å². The van der Waals surface area contributed by atoms with E-state index in [0.29, 0.717) is 24.1 Å². The van der Waals surface area contributed by atoms with E-state index in [1.807, 2.05) is 36.5 Å². The van der Waals surface area contributed by atoms with Gasteiger partial charge in [0.25, 0.3) is 0 Å². The number of rotatable bonds is 6. The van der Waals surface area contributed by atoms with Crippen molar-refractivity contribution in [2.24, 2.45) is 5.41 Å². The normalized spacial score (nSPS) is 12.2. The Morgan fingerprint density at radius 1 is 1.17 bits per heavy atom. The average Bonchev–Trinajstić information content (AvgIpc) is 3.21. The number of nitrogens with two attached hydrogens (primary N) is 1. The molecule has 0 amide bonds. The highest BCUT2D eigenvalue weighted by molar-refractivity contribution is 7.15. The fraction of sp³-hybridized carbons (Fsp3) is 0.360. The molecule has 0 radical (unpaired) electrons. The average molecular weight is 420 g/mol. The standard InChI is InChI=1S/C25H29N3OS/c1-6-17(2)24-28-15-22(30-24)20-13-21(23(26)27-14-20)29-16-19-9-7-8-18(12-19)10-11-25(3,4)5/h7-9,12-15,17H,6,16H2,1-5H3,(H2,26,27). The van der Waals surface area contributed by atoms with Crippen LogP contribution in [0.4, 0.5) is 5.82 Å². The molecule has 0 bridgehead atoms. The Balaban J connectivity index is 1.75. The van der Waals surface area contributed by atoms with E-state index in [1.165, 1.54) is 0 Å². The summed E-state index contributed by atoms with van der Waals surface area (Å²) in [6.07, 6.45) is 4.75. The van der Waals surface area contributed by atoms with Gasteiger partial charge in [0.1, 0.15) is 6.61 Å².